The Bertz CT molecular complexity index is 729. The molecule has 1 saturated heterocycles. The Morgan fingerprint density at radius 3 is 2.72 bits per heavy atom. The Kier molecular flexibility index (Phi) is 5.74. The summed E-state index contributed by atoms with van der Waals surface area (Å²) < 4.78 is 2.34. The first-order valence-electron chi connectivity index (χ1n) is 9.58. The van der Waals surface area contributed by atoms with Gasteiger partial charge in [-0.25, -0.2) is 4.98 Å². The van der Waals surface area contributed by atoms with E-state index in [2.05, 4.69) is 41.6 Å². The smallest absolute Gasteiger partial charge is 0.224 e. The van der Waals surface area contributed by atoms with Crippen molar-refractivity contribution in [3.8, 4) is 0 Å². The average molecular weight is 342 g/mol. The zero-order valence-electron chi connectivity index (χ0n) is 15.7. The molecule has 1 amide bonds. The van der Waals surface area contributed by atoms with Gasteiger partial charge in [0.25, 0.3) is 0 Å². The maximum Gasteiger partial charge on any atom is 0.224 e. The van der Waals surface area contributed by atoms with Crippen LogP contribution in [0.4, 0.5) is 5.69 Å². The molecule has 0 atom stereocenters. The van der Waals surface area contributed by atoms with Crippen LogP contribution in [0.1, 0.15) is 52.3 Å². The standard InChI is InChI=1S/C20H30N4O/c1-4-9-24-18-8-7-16(21-20(25)12-15(2)3)13-17(18)22-19(24)14-23-10-5-6-11-23/h7-8,13,15H,4-6,9-12,14H2,1-3H3,(H,21,25). The summed E-state index contributed by atoms with van der Waals surface area (Å²) >= 11 is 0. The van der Waals surface area contributed by atoms with Crippen LogP contribution in [0.5, 0.6) is 0 Å². The second-order valence-electron chi connectivity index (χ2n) is 7.51. The topological polar surface area (TPSA) is 50.2 Å². The molecule has 0 saturated carbocycles. The van der Waals surface area contributed by atoms with E-state index in [4.69, 9.17) is 4.98 Å². The molecule has 1 aromatic heterocycles. The number of benzene rings is 1. The Balaban J connectivity index is 1.84. The molecular formula is C20H30N4O. The van der Waals surface area contributed by atoms with E-state index in [9.17, 15) is 4.79 Å². The van der Waals surface area contributed by atoms with Crippen molar-refractivity contribution >= 4 is 22.6 Å². The second-order valence-corrected chi connectivity index (χ2v) is 7.51. The van der Waals surface area contributed by atoms with Crippen LogP contribution in [-0.2, 0) is 17.9 Å². The monoisotopic (exact) mass is 342 g/mol. The Labute approximate surface area is 150 Å². The molecule has 0 bridgehead atoms. The molecule has 5 heteroatoms. The number of nitrogens with zero attached hydrogens (tertiary/aromatic N) is 3. The molecule has 2 heterocycles. The number of imidazole rings is 1. The predicted molar refractivity (Wildman–Crippen MR) is 103 cm³/mol. The van der Waals surface area contributed by atoms with Crippen LogP contribution in [0.2, 0.25) is 0 Å². The van der Waals surface area contributed by atoms with Gasteiger partial charge in [0.05, 0.1) is 17.6 Å². The lowest BCUT2D eigenvalue weighted by atomic mass is 10.1. The van der Waals surface area contributed by atoms with Gasteiger partial charge in [0.2, 0.25) is 5.91 Å². The third-order valence-corrected chi connectivity index (χ3v) is 4.72. The minimum absolute atomic E-state index is 0.0691. The molecule has 5 nitrogen and oxygen atoms in total. The van der Waals surface area contributed by atoms with E-state index < -0.39 is 0 Å². The van der Waals surface area contributed by atoms with Crippen LogP contribution >= 0.6 is 0 Å². The van der Waals surface area contributed by atoms with E-state index in [1.54, 1.807) is 0 Å². The van der Waals surface area contributed by atoms with Gasteiger partial charge in [-0.15, -0.1) is 0 Å². The van der Waals surface area contributed by atoms with Gasteiger partial charge in [0.15, 0.2) is 0 Å². The number of fused-ring (bicyclic) bond motifs is 1. The van der Waals surface area contributed by atoms with Crippen LogP contribution in [-0.4, -0.2) is 33.4 Å². The maximum atomic E-state index is 12.0. The number of likely N-dealkylation sites (tertiary alicyclic amines) is 1. The Morgan fingerprint density at radius 1 is 1.28 bits per heavy atom. The molecule has 1 aliphatic rings. The van der Waals surface area contributed by atoms with Crippen molar-refractivity contribution in [2.24, 2.45) is 5.92 Å². The van der Waals surface area contributed by atoms with Gasteiger partial charge < -0.3 is 9.88 Å². The normalized spacial score (nSPS) is 15.4. The third kappa shape index (κ3) is 4.40. The summed E-state index contributed by atoms with van der Waals surface area (Å²) in [5, 5.41) is 3.00. The van der Waals surface area contributed by atoms with Gasteiger partial charge in [-0.05, 0) is 56.5 Å². The van der Waals surface area contributed by atoms with Crippen molar-refractivity contribution in [1.82, 2.24) is 14.5 Å². The molecule has 0 spiro atoms. The molecule has 1 fully saturated rings. The fraction of sp³-hybridized carbons (Fsp3) is 0.600. The van der Waals surface area contributed by atoms with E-state index in [0.29, 0.717) is 12.3 Å². The molecule has 3 rings (SSSR count). The van der Waals surface area contributed by atoms with Crippen molar-refractivity contribution < 1.29 is 4.79 Å². The first-order valence-corrected chi connectivity index (χ1v) is 9.58. The van der Waals surface area contributed by atoms with Crippen LogP contribution in [0, 0.1) is 5.92 Å². The van der Waals surface area contributed by atoms with E-state index in [-0.39, 0.29) is 5.91 Å². The Hall–Kier alpha value is -1.88. The van der Waals surface area contributed by atoms with Crippen molar-refractivity contribution in [3.63, 3.8) is 0 Å². The summed E-state index contributed by atoms with van der Waals surface area (Å²) in [5.74, 6) is 1.57. The lowest BCUT2D eigenvalue weighted by molar-refractivity contribution is -0.116. The summed E-state index contributed by atoms with van der Waals surface area (Å²) in [6.45, 7) is 10.6. The predicted octanol–water partition coefficient (Wildman–Crippen LogP) is 4.03. The fourth-order valence-corrected chi connectivity index (χ4v) is 3.57. The first kappa shape index (κ1) is 17.9. The average Bonchev–Trinajstić information content (AvgIpc) is 3.15. The van der Waals surface area contributed by atoms with Crippen molar-refractivity contribution in [2.45, 2.75) is 59.5 Å². The molecule has 136 valence electrons. The molecule has 25 heavy (non-hydrogen) atoms. The van der Waals surface area contributed by atoms with Gasteiger partial charge in [0, 0.05) is 18.7 Å². The molecular weight excluding hydrogens is 312 g/mol. The van der Waals surface area contributed by atoms with Crippen LogP contribution in [0.25, 0.3) is 11.0 Å². The quantitative estimate of drug-likeness (QED) is 0.826. The lowest BCUT2D eigenvalue weighted by Gasteiger charge is -2.15. The number of hydrogen-bond acceptors (Lipinski definition) is 3. The van der Waals surface area contributed by atoms with E-state index in [1.807, 2.05) is 12.1 Å². The van der Waals surface area contributed by atoms with Gasteiger partial charge in [-0.3, -0.25) is 9.69 Å². The molecule has 0 radical (unpaired) electrons. The number of carbonyl (C=O) groups excluding carboxylic acids is 1. The van der Waals surface area contributed by atoms with Crippen molar-refractivity contribution in [3.05, 3.63) is 24.0 Å². The van der Waals surface area contributed by atoms with Gasteiger partial charge >= 0.3 is 0 Å². The molecule has 2 aromatic rings. The number of aryl methyl sites for hydroxylation is 1. The Morgan fingerprint density at radius 2 is 2.04 bits per heavy atom. The largest absolute Gasteiger partial charge is 0.327 e. The number of anilines is 1. The third-order valence-electron chi connectivity index (χ3n) is 4.72. The summed E-state index contributed by atoms with van der Waals surface area (Å²) in [6.07, 6.45) is 4.22. The minimum atomic E-state index is 0.0691. The second kappa shape index (κ2) is 8.00. The van der Waals surface area contributed by atoms with Crippen LogP contribution < -0.4 is 5.32 Å². The van der Waals surface area contributed by atoms with Crippen LogP contribution in [0.15, 0.2) is 18.2 Å². The van der Waals surface area contributed by atoms with E-state index in [1.165, 1.54) is 25.9 Å². The van der Waals surface area contributed by atoms with E-state index >= 15 is 0 Å². The zero-order chi connectivity index (χ0) is 17.8. The minimum Gasteiger partial charge on any atom is -0.327 e. The van der Waals surface area contributed by atoms with Gasteiger partial charge in [-0.1, -0.05) is 20.8 Å². The summed E-state index contributed by atoms with van der Waals surface area (Å²) in [5.41, 5.74) is 2.98. The van der Waals surface area contributed by atoms with Crippen molar-refractivity contribution in [1.29, 1.82) is 0 Å². The number of nitrogens with one attached hydrogen (secondary N) is 1. The molecule has 1 N–H and O–H groups in total. The maximum absolute atomic E-state index is 12.0. The SMILES string of the molecule is CCCn1c(CN2CCCC2)nc2cc(NC(=O)CC(C)C)ccc21. The number of hydrogen-bond donors (Lipinski definition) is 1. The highest BCUT2D eigenvalue weighted by molar-refractivity contribution is 5.93. The number of rotatable bonds is 7. The highest BCUT2D eigenvalue weighted by Gasteiger charge is 2.17. The molecule has 1 aromatic carbocycles. The van der Waals surface area contributed by atoms with Crippen molar-refractivity contribution in [2.75, 3.05) is 18.4 Å². The molecule has 0 aliphatic carbocycles. The number of aromatic nitrogens is 2. The number of amides is 1. The zero-order valence-corrected chi connectivity index (χ0v) is 15.7. The first-order chi connectivity index (χ1) is 12.1. The molecule has 1 aliphatic heterocycles. The van der Waals surface area contributed by atoms with Crippen LogP contribution in [0.3, 0.4) is 0 Å². The summed E-state index contributed by atoms with van der Waals surface area (Å²) in [4.78, 5) is 19.4. The van der Waals surface area contributed by atoms with Gasteiger partial charge in [0.1, 0.15) is 5.82 Å². The highest BCUT2D eigenvalue weighted by atomic mass is 16.1. The van der Waals surface area contributed by atoms with E-state index in [0.717, 1.165) is 42.1 Å². The fourth-order valence-electron chi connectivity index (χ4n) is 3.57. The highest BCUT2D eigenvalue weighted by Crippen LogP contribution is 2.23. The lowest BCUT2D eigenvalue weighted by Crippen LogP contribution is -2.21. The molecule has 0 unspecified atom stereocenters. The number of carbonyl (C=O) groups is 1. The summed E-state index contributed by atoms with van der Waals surface area (Å²) in [6, 6.07) is 6.09. The summed E-state index contributed by atoms with van der Waals surface area (Å²) in [7, 11) is 0. The van der Waals surface area contributed by atoms with Gasteiger partial charge in [-0.2, -0.15) is 0 Å².